The van der Waals surface area contributed by atoms with Crippen molar-refractivity contribution in [2.75, 3.05) is 10.6 Å². The minimum absolute atomic E-state index is 0.102. The van der Waals surface area contributed by atoms with Crippen molar-refractivity contribution in [3.63, 3.8) is 0 Å². The van der Waals surface area contributed by atoms with Crippen LogP contribution in [0.5, 0.6) is 0 Å². The van der Waals surface area contributed by atoms with Gasteiger partial charge >= 0.3 is 0 Å². The summed E-state index contributed by atoms with van der Waals surface area (Å²) in [5, 5.41) is 7.77. The predicted octanol–water partition coefficient (Wildman–Crippen LogP) is 4.03. The van der Waals surface area contributed by atoms with E-state index in [1.54, 1.807) is 54.8 Å². The van der Waals surface area contributed by atoms with Crippen LogP contribution in [0.25, 0.3) is 11.1 Å². The molecule has 28 heavy (non-hydrogen) atoms. The number of hydrogen-bond donors (Lipinski definition) is 2. The van der Waals surface area contributed by atoms with Gasteiger partial charge in [0.1, 0.15) is 5.52 Å². The molecule has 2 aromatic carbocycles. The second-order valence-corrected chi connectivity index (χ2v) is 6.96. The van der Waals surface area contributed by atoms with E-state index < -0.39 is 0 Å². The smallest absolute Gasteiger partial charge is 0.257 e. The lowest BCUT2D eigenvalue weighted by Crippen LogP contribution is -2.15. The van der Waals surface area contributed by atoms with Crippen LogP contribution in [0, 0.1) is 6.92 Å². The Balaban J connectivity index is 1.37. The number of thiazole rings is 1. The topological polar surface area (TPSA) is 97.1 Å². The van der Waals surface area contributed by atoms with Crippen molar-refractivity contribution in [1.29, 1.82) is 0 Å². The molecular weight excluding hydrogens is 376 g/mol. The Labute approximate surface area is 164 Å². The van der Waals surface area contributed by atoms with Crippen molar-refractivity contribution in [2.45, 2.75) is 13.3 Å². The minimum atomic E-state index is -0.235. The highest BCUT2D eigenvalue weighted by Gasteiger charge is 2.12. The molecule has 140 valence electrons. The zero-order valence-electron chi connectivity index (χ0n) is 14.9. The van der Waals surface area contributed by atoms with Gasteiger partial charge < -0.3 is 9.73 Å². The van der Waals surface area contributed by atoms with Crippen molar-refractivity contribution in [3.8, 4) is 0 Å². The zero-order chi connectivity index (χ0) is 19.5. The van der Waals surface area contributed by atoms with Gasteiger partial charge in [0.25, 0.3) is 5.91 Å². The molecule has 0 aliphatic rings. The lowest BCUT2D eigenvalue weighted by atomic mass is 10.2. The first-order valence-corrected chi connectivity index (χ1v) is 9.42. The van der Waals surface area contributed by atoms with Crippen LogP contribution in [-0.4, -0.2) is 21.8 Å². The van der Waals surface area contributed by atoms with Gasteiger partial charge in [0.15, 0.2) is 16.6 Å². The molecule has 2 aromatic heterocycles. The fourth-order valence-electron chi connectivity index (χ4n) is 2.69. The molecule has 4 aromatic rings. The van der Waals surface area contributed by atoms with Gasteiger partial charge in [-0.2, -0.15) is 0 Å². The van der Waals surface area contributed by atoms with Crippen LogP contribution in [0.1, 0.15) is 21.9 Å². The third-order valence-corrected chi connectivity index (χ3v) is 4.74. The number of benzene rings is 2. The molecule has 2 N–H and O–H groups in total. The lowest BCUT2D eigenvalue weighted by molar-refractivity contribution is -0.115. The summed E-state index contributed by atoms with van der Waals surface area (Å²) in [5.41, 5.74) is 3.13. The molecule has 2 heterocycles. The third kappa shape index (κ3) is 4.07. The fraction of sp³-hybridized carbons (Fsp3) is 0.100. The SMILES string of the molecule is Cc1nc2ccc(NC(=O)Cc3csc(NC(=O)c4ccccc4)n3)cc2o1. The molecule has 0 spiro atoms. The molecule has 0 aliphatic carbocycles. The summed E-state index contributed by atoms with van der Waals surface area (Å²) in [6, 6.07) is 14.2. The average molecular weight is 392 g/mol. The number of amides is 2. The third-order valence-electron chi connectivity index (χ3n) is 3.93. The van der Waals surface area contributed by atoms with Crippen molar-refractivity contribution in [2.24, 2.45) is 0 Å². The van der Waals surface area contributed by atoms with E-state index in [1.807, 2.05) is 6.07 Å². The number of hydrogen-bond acceptors (Lipinski definition) is 6. The molecule has 4 rings (SSSR count). The van der Waals surface area contributed by atoms with Crippen LogP contribution in [0.15, 0.2) is 58.3 Å². The van der Waals surface area contributed by atoms with Gasteiger partial charge in [-0.15, -0.1) is 11.3 Å². The van der Waals surface area contributed by atoms with Crippen molar-refractivity contribution in [1.82, 2.24) is 9.97 Å². The van der Waals surface area contributed by atoms with E-state index >= 15 is 0 Å². The summed E-state index contributed by atoms with van der Waals surface area (Å²) in [6.45, 7) is 1.77. The highest BCUT2D eigenvalue weighted by atomic mass is 32.1. The summed E-state index contributed by atoms with van der Waals surface area (Å²) in [6.07, 6.45) is 0.102. The van der Waals surface area contributed by atoms with E-state index in [1.165, 1.54) is 11.3 Å². The van der Waals surface area contributed by atoms with E-state index in [0.717, 1.165) is 5.52 Å². The second kappa shape index (κ2) is 7.61. The van der Waals surface area contributed by atoms with E-state index in [4.69, 9.17) is 4.42 Å². The second-order valence-electron chi connectivity index (χ2n) is 6.10. The zero-order valence-corrected chi connectivity index (χ0v) is 15.7. The van der Waals surface area contributed by atoms with Crippen LogP contribution < -0.4 is 10.6 Å². The summed E-state index contributed by atoms with van der Waals surface area (Å²) < 4.78 is 5.47. The van der Waals surface area contributed by atoms with Crippen LogP contribution in [0.3, 0.4) is 0 Å². The highest BCUT2D eigenvalue weighted by molar-refractivity contribution is 7.14. The summed E-state index contributed by atoms with van der Waals surface area (Å²) in [4.78, 5) is 33.0. The average Bonchev–Trinajstić information content (AvgIpc) is 3.27. The maximum atomic E-state index is 12.3. The Kier molecular flexibility index (Phi) is 4.86. The maximum absolute atomic E-state index is 12.3. The number of rotatable bonds is 5. The van der Waals surface area contributed by atoms with Crippen molar-refractivity contribution >= 4 is 45.1 Å². The molecule has 2 amide bonds. The van der Waals surface area contributed by atoms with Crippen molar-refractivity contribution < 1.29 is 14.0 Å². The Morgan fingerprint density at radius 1 is 1.07 bits per heavy atom. The molecule has 0 unspecified atom stereocenters. The van der Waals surface area contributed by atoms with Gasteiger partial charge in [-0.05, 0) is 24.3 Å². The van der Waals surface area contributed by atoms with Gasteiger partial charge in [0.2, 0.25) is 5.91 Å². The molecule has 0 saturated heterocycles. The van der Waals surface area contributed by atoms with Gasteiger partial charge in [-0.3, -0.25) is 14.9 Å². The number of anilines is 2. The van der Waals surface area contributed by atoms with Crippen LogP contribution in [0.4, 0.5) is 10.8 Å². The highest BCUT2D eigenvalue weighted by Crippen LogP contribution is 2.21. The number of carbonyl (C=O) groups is 2. The first-order chi connectivity index (χ1) is 13.6. The molecular formula is C20H16N4O3S. The monoisotopic (exact) mass is 392 g/mol. The first kappa shape index (κ1) is 17.9. The lowest BCUT2D eigenvalue weighted by Gasteiger charge is -2.03. The van der Waals surface area contributed by atoms with E-state index in [2.05, 4.69) is 20.6 Å². The van der Waals surface area contributed by atoms with Crippen LogP contribution in [-0.2, 0) is 11.2 Å². The number of fused-ring (bicyclic) bond motifs is 1. The maximum Gasteiger partial charge on any atom is 0.257 e. The van der Waals surface area contributed by atoms with Gasteiger partial charge in [-0.25, -0.2) is 9.97 Å². The molecule has 0 saturated carbocycles. The van der Waals surface area contributed by atoms with Gasteiger partial charge in [0, 0.05) is 29.6 Å². The van der Waals surface area contributed by atoms with Crippen molar-refractivity contribution in [3.05, 3.63) is 71.1 Å². The molecule has 7 nitrogen and oxygen atoms in total. The molecule has 0 fully saturated rings. The first-order valence-electron chi connectivity index (χ1n) is 8.55. The predicted molar refractivity (Wildman–Crippen MR) is 108 cm³/mol. The number of nitrogens with zero attached hydrogens (tertiary/aromatic N) is 2. The number of oxazole rings is 1. The van der Waals surface area contributed by atoms with Gasteiger partial charge in [0.05, 0.1) is 12.1 Å². The Morgan fingerprint density at radius 3 is 2.71 bits per heavy atom. The Bertz CT molecular complexity index is 1150. The standard InChI is InChI=1S/C20H16N4O3S/c1-12-21-16-8-7-14(9-17(16)27-12)22-18(25)10-15-11-28-20(23-15)24-19(26)13-5-3-2-4-6-13/h2-9,11H,10H2,1H3,(H,22,25)(H,23,24,26). The molecule has 0 aliphatic heterocycles. The van der Waals surface area contributed by atoms with E-state index in [9.17, 15) is 9.59 Å². The Hall–Kier alpha value is -3.52. The minimum Gasteiger partial charge on any atom is -0.441 e. The summed E-state index contributed by atoms with van der Waals surface area (Å²) in [5.74, 6) is 0.134. The molecule has 0 bridgehead atoms. The molecule has 0 atom stereocenters. The molecule has 0 radical (unpaired) electrons. The summed E-state index contributed by atoms with van der Waals surface area (Å²) in [7, 11) is 0. The van der Waals surface area contributed by atoms with Gasteiger partial charge in [-0.1, -0.05) is 18.2 Å². The summed E-state index contributed by atoms with van der Waals surface area (Å²) >= 11 is 1.28. The largest absolute Gasteiger partial charge is 0.441 e. The molecule has 8 heteroatoms. The van der Waals surface area contributed by atoms with E-state index in [0.29, 0.717) is 33.6 Å². The number of nitrogens with one attached hydrogen (secondary N) is 2. The van der Waals surface area contributed by atoms with Crippen LogP contribution in [0.2, 0.25) is 0 Å². The number of aryl methyl sites for hydroxylation is 1. The Morgan fingerprint density at radius 2 is 1.89 bits per heavy atom. The normalized spacial score (nSPS) is 10.8. The fourth-order valence-corrected chi connectivity index (χ4v) is 3.40. The number of carbonyl (C=O) groups excluding carboxylic acids is 2. The van der Waals surface area contributed by atoms with Crippen LogP contribution >= 0.6 is 11.3 Å². The van der Waals surface area contributed by atoms with E-state index in [-0.39, 0.29) is 18.2 Å². The quantitative estimate of drug-likeness (QED) is 0.534. The number of aromatic nitrogens is 2.